The predicted molar refractivity (Wildman–Crippen MR) is 64.1 cm³/mol. The SMILES string of the molecule is COC(=O)c1ccc(-c2cc(CCO)on2)cc1. The molecule has 2 rings (SSSR count). The lowest BCUT2D eigenvalue weighted by Gasteiger charge is -1.99. The summed E-state index contributed by atoms with van der Waals surface area (Å²) in [6.45, 7) is 0.0237. The van der Waals surface area contributed by atoms with E-state index in [2.05, 4.69) is 9.89 Å². The molecule has 18 heavy (non-hydrogen) atoms. The number of nitrogens with zero attached hydrogens (tertiary/aromatic N) is 1. The van der Waals surface area contributed by atoms with Gasteiger partial charge in [0.15, 0.2) is 0 Å². The largest absolute Gasteiger partial charge is 0.465 e. The van der Waals surface area contributed by atoms with E-state index in [-0.39, 0.29) is 12.6 Å². The highest BCUT2D eigenvalue weighted by Gasteiger charge is 2.08. The van der Waals surface area contributed by atoms with Crippen LogP contribution < -0.4 is 0 Å². The van der Waals surface area contributed by atoms with Crippen molar-refractivity contribution in [3.05, 3.63) is 41.7 Å². The van der Waals surface area contributed by atoms with Gasteiger partial charge in [-0.25, -0.2) is 4.79 Å². The van der Waals surface area contributed by atoms with Gasteiger partial charge in [-0.3, -0.25) is 0 Å². The second kappa shape index (κ2) is 5.46. The monoisotopic (exact) mass is 247 g/mol. The summed E-state index contributed by atoms with van der Waals surface area (Å²) in [6.07, 6.45) is 0.438. The van der Waals surface area contributed by atoms with Crippen LogP contribution in [0.1, 0.15) is 16.1 Å². The van der Waals surface area contributed by atoms with Gasteiger partial charge in [0.25, 0.3) is 0 Å². The molecule has 2 aromatic rings. The summed E-state index contributed by atoms with van der Waals surface area (Å²) in [5.74, 6) is 0.257. The minimum atomic E-state index is -0.373. The van der Waals surface area contributed by atoms with Gasteiger partial charge in [-0.2, -0.15) is 0 Å². The van der Waals surface area contributed by atoms with Crippen LogP contribution in [-0.2, 0) is 11.2 Å². The van der Waals surface area contributed by atoms with Crippen LogP contribution in [0, 0.1) is 0 Å². The van der Waals surface area contributed by atoms with Gasteiger partial charge < -0.3 is 14.4 Å². The number of rotatable bonds is 4. The Balaban J connectivity index is 2.20. The number of aliphatic hydroxyl groups is 1. The zero-order chi connectivity index (χ0) is 13.0. The number of esters is 1. The smallest absolute Gasteiger partial charge is 0.337 e. The van der Waals surface area contributed by atoms with Crippen molar-refractivity contribution in [2.24, 2.45) is 0 Å². The number of hydrogen-bond acceptors (Lipinski definition) is 5. The van der Waals surface area contributed by atoms with Crippen molar-refractivity contribution in [3.63, 3.8) is 0 Å². The number of hydrogen-bond donors (Lipinski definition) is 1. The molecule has 1 aromatic heterocycles. The van der Waals surface area contributed by atoms with Gasteiger partial charge in [0.1, 0.15) is 11.5 Å². The summed E-state index contributed by atoms with van der Waals surface area (Å²) in [6, 6.07) is 8.64. The molecule has 0 saturated heterocycles. The maximum Gasteiger partial charge on any atom is 0.337 e. The first kappa shape index (κ1) is 12.3. The third-order valence-corrected chi connectivity index (χ3v) is 2.52. The van der Waals surface area contributed by atoms with Crippen molar-refractivity contribution < 1.29 is 19.2 Å². The molecule has 1 N–H and O–H groups in total. The number of aromatic nitrogens is 1. The molecule has 5 nitrogen and oxygen atoms in total. The summed E-state index contributed by atoms with van der Waals surface area (Å²) in [5, 5.41) is 12.7. The minimum absolute atomic E-state index is 0.0237. The zero-order valence-electron chi connectivity index (χ0n) is 9.92. The van der Waals surface area contributed by atoms with E-state index in [0.29, 0.717) is 23.4 Å². The van der Waals surface area contributed by atoms with Crippen molar-refractivity contribution in [2.45, 2.75) is 6.42 Å². The molecule has 1 aromatic carbocycles. The highest BCUT2D eigenvalue weighted by atomic mass is 16.5. The molecule has 0 aliphatic rings. The van der Waals surface area contributed by atoms with Crippen molar-refractivity contribution in [3.8, 4) is 11.3 Å². The fourth-order valence-corrected chi connectivity index (χ4v) is 1.57. The lowest BCUT2D eigenvalue weighted by molar-refractivity contribution is 0.0601. The highest BCUT2D eigenvalue weighted by molar-refractivity contribution is 5.89. The minimum Gasteiger partial charge on any atom is -0.465 e. The molecule has 0 bridgehead atoms. The zero-order valence-corrected chi connectivity index (χ0v) is 9.92. The fourth-order valence-electron chi connectivity index (χ4n) is 1.57. The molecule has 1 heterocycles. The fraction of sp³-hybridized carbons (Fsp3) is 0.231. The van der Waals surface area contributed by atoms with Crippen LogP contribution >= 0.6 is 0 Å². The molecular weight excluding hydrogens is 234 g/mol. The summed E-state index contributed by atoms with van der Waals surface area (Å²) in [5.41, 5.74) is 2.01. The third kappa shape index (κ3) is 2.57. The topological polar surface area (TPSA) is 72.6 Å². The number of methoxy groups -OCH3 is 1. The molecule has 0 aliphatic carbocycles. The van der Waals surface area contributed by atoms with E-state index < -0.39 is 0 Å². The molecule has 0 spiro atoms. The molecule has 0 radical (unpaired) electrons. The normalized spacial score (nSPS) is 10.3. The predicted octanol–water partition coefficient (Wildman–Crippen LogP) is 1.66. The maximum atomic E-state index is 11.3. The van der Waals surface area contributed by atoms with Gasteiger partial charge >= 0.3 is 5.97 Å². The summed E-state index contributed by atoms with van der Waals surface area (Å²) < 4.78 is 9.67. The van der Waals surface area contributed by atoms with E-state index in [1.807, 2.05) is 0 Å². The first-order chi connectivity index (χ1) is 8.74. The van der Waals surface area contributed by atoms with Crippen molar-refractivity contribution in [1.29, 1.82) is 0 Å². The van der Waals surface area contributed by atoms with Crippen molar-refractivity contribution in [2.75, 3.05) is 13.7 Å². The van der Waals surface area contributed by atoms with Gasteiger partial charge in [-0.15, -0.1) is 0 Å². The summed E-state index contributed by atoms with van der Waals surface area (Å²) >= 11 is 0. The molecule has 0 fully saturated rings. The summed E-state index contributed by atoms with van der Waals surface area (Å²) in [7, 11) is 1.34. The molecule has 0 saturated carbocycles. The van der Waals surface area contributed by atoms with Crippen LogP contribution in [0.4, 0.5) is 0 Å². The Bertz CT molecular complexity index is 530. The van der Waals surface area contributed by atoms with E-state index in [1.54, 1.807) is 30.3 Å². The van der Waals surface area contributed by atoms with Crippen LogP contribution in [0.3, 0.4) is 0 Å². The average Bonchev–Trinajstić information content (AvgIpc) is 2.87. The van der Waals surface area contributed by atoms with Gasteiger partial charge in [0, 0.05) is 18.1 Å². The van der Waals surface area contributed by atoms with Crippen LogP contribution in [0.2, 0.25) is 0 Å². The number of aliphatic hydroxyl groups excluding tert-OH is 1. The van der Waals surface area contributed by atoms with Crippen molar-refractivity contribution in [1.82, 2.24) is 5.16 Å². The second-order valence-electron chi connectivity index (χ2n) is 3.72. The van der Waals surface area contributed by atoms with Crippen LogP contribution in [0.25, 0.3) is 11.3 Å². The van der Waals surface area contributed by atoms with E-state index >= 15 is 0 Å². The molecule has 0 amide bonds. The molecule has 94 valence electrons. The summed E-state index contributed by atoms with van der Waals surface area (Å²) in [4.78, 5) is 11.3. The van der Waals surface area contributed by atoms with E-state index in [1.165, 1.54) is 7.11 Å². The van der Waals surface area contributed by atoms with E-state index in [9.17, 15) is 4.79 Å². The van der Waals surface area contributed by atoms with E-state index in [0.717, 1.165) is 5.56 Å². The Labute approximate surface area is 104 Å². The number of benzene rings is 1. The Kier molecular flexibility index (Phi) is 3.74. The average molecular weight is 247 g/mol. The van der Waals surface area contributed by atoms with Gasteiger partial charge in [0.2, 0.25) is 0 Å². The maximum absolute atomic E-state index is 11.3. The molecule has 0 unspecified atom stereocenters. The lowest BCUT2D eigenvalue weighted by atomic mass is 10.1. The second-order valence-corrected chi connectivity index (χ2v) is 3.72. The number of carbonyl (C=O) groups is 1. The van der Waals surface area contributed by atoms with Gasteiger partial charge in [-0.1, -0.05) is 17.3 Å². The van der Waals surface area contributed by atoms with Crippen LogP contribution in [-0.4, -0.2) is 29.9 Å². The van der Waals surface area contributed by atoms with Crippen LogP contribution in [0.5, 0.6) is 0 Å². The highest BCUT2D eigenvalue weighted by Crippen LogP contribution is 2.20. The van der Waals surface area contributed by atoms with E-state index in [4.69, 9.17) is 9.63 Å². The quantitative estimate of drug-likeness (QED) is 0.832. The first-order valence-corrected chi connectivity index (χ1v) is 5.50. The van der Waals surface area contributed by atoms with Gasteiger partial charge in [-0.05, 0) is 12.1 Å². The van der Waals surface area contributed by atoms with Crippen LogP contribution in [0.15, 0.2) is 34.9 Å². The molecule has 0 aliphatic heterocycles. The van der Waals surface area contributed by atoms with Gasteiger partial charge in [0.05, 0.1) is 19.3 Å². The Morgan fingerprint density at radius 3 is 2.72 bits per heavy atom. The molecule has 0 atom stereocenters. The molecular formula is C13H13NO4. The Morgan fingerprint density at radius 1 is 1.39 bits per heavy atom. The molecule has 5 heteroatoms. The Hall–Kier alpha value is -2.14. The van der Waals surface area contributed by atoms with Crippen molar-refractivity contribution >= 4 is 5.97 Å². The first-order valence-electron chi connectivity index (χ1n) is 5.50. The number of carbonyl (C=O) groups excluding carboxylic acids is 1. The lowest BCUT2D eigenvalue weighted by Crippen LogP contribution is -2.00. The third-order valence-electron chi connectivity index (χ3n) is 2.52. The Morgan fingerprint density at radius 2 is 2.11 bits per heavy atom. The number of ether oxygens (including phenoxy) is 1. The standard InChI is InChI=1S/C13H13NO4/c1-17-13(16)10-4-2-9(3-5-10)12-8-11(6-7-15)18-14-12/h2-5,8,15H,6-7H2,1H3.